The van der Waals surface area contributed by atoms with E-state index < -0.39 is 11.9 Å². The Balaban J connectivity index is 2.55. The van der Waals surface area contributed by atoms with E-state index in [1.165, 1.54) is 12.1 Å². The highest BCUT2D eigenvalue weighted by molar-refractivity contribution is 6.00. The van der Waals surface area contributed by atoms with Crippen molar-refractivity contribution in [1.29, 1.82) is 0 Å². The van der Waals surface area contributed by atoms with E-state index in [4.69, 9.17) is 10.5 Å². The molecule has 0 radical (unpaired) electrons. The van der Waals surface area contributed by atoms with Crippen LogP contribution in [0.5, 0.6) is 5.75 Å². The minimum absolute atomic E-state index is 0.0168. The zero-order valence-electron chi connectivity index (χ0n) is 9.16. The quantitative estimate of drug-likeness (QED) is 0.736. The van der Waals surface area contributed by atoms with Crippen molar-refractivity contribution < 1.29 is 13.9 Å². The lowest BCUT2D eigenvalue weighted by atomic mass is 10.1. The Morgan fingerprint density at radius 1 is 1.56 bits per heavy atom. The van der Waals surface area contributed by atoms with Gasteiger partial charge in [0.2, 0.25) is 0 Å². The number of halogens is 1. The Labute approximate surface area is 92.8 Å². The average molecular weight is 224 g/mol. The Hall–Kier alpha value is -1.78. The molecule has 86 valence electrons. The van der Waals surface area contributed by atoms with Crippen LogP contribution in [-0.2, 0) is 4.79 Å². The molecule has 1 atom stereocenters. The van der Waals surface area contributed by atoms with Gasteiger partial charge in [-0.05, 0) is 19.9 Å². The summed E-state index contributed by atoms with van der Waals surface area (Å²) in [4.78, 5) is 13.3. The number of carbonyl (C=O) groups excluding carboxylic acids is 1. The van der Waals surface area contributed by atoms with E-state index in [0.717, 1.165) is 0 Å². The van der Waals surface area contributed by atoms with Gasteiger partial charge in [0.15, 0.2) is 6.10 Å². The van der Waals surface area contributed by atoms with Crippen molar-refractivity contribution in [2.24, 2.45) is 0 Å². The first-order chi connectivity index (χ1) is 7.54. The number of rotatable bonds is 1. The minimum atomic E-state index is -0.588. The summed E-state index contributed by atoms with van der Waals surface area (Å²) in [6, 6.07) is 2.65. The van der Waals surface area contributed by atoms with Crippen LogP contribution in [0.1, 0.15) is 13.8 Å². The number of fused-ring (bicyclic) bond motifs is 1. The van der Waals surface area contributed by atoms with Gasteiger partial charge in [-0.1, -0.05) is 0 Å². The van der Waals surface area contributed by atoms with E-state index in [1.54, 1.807) is 11.8 Å². The van der Waals surface area contributed by atoms with Crippen molar-refractivity contribution >= 4 is 17.3 Å². The van der Waals surface area contributed by atoms with E-state index in [2.05, 4.69) is 0 Å². The van der Waals surface area contributed by atoms with Gasteiger partial charge in [0.05, 0.1) is 11.4 Å². The minimum Gasteiger partial charge on any atom is -0.479 e. The van der Waals surface area contributed by atoms with Gasteiger partial charge in [-0.2, -0.15) is 0 Å². The van der Waals surface area contributed by atoms with Crippen molar-refractivity contribution in [3.63, 3.8) is 0 Å². The second-order valence-electron chi connectivity index (χ2n) is 3.68. The van der Waals surface area contributed by atoms with Crippen molar-refractivity contribution in [2.75, 3.05) is 17.2 Å². The van der Waals surface area contributed by atoms with E-state index in [0.29, 0.717) is 18.0 Å². The number of likely N-dealkylation sites (N-methyl/N-ethyl adjacent to an activating group) is 1. The van der Waals surface area contributed by atoms with Gasteiger partial charge in [-0.3, -0.25) is 4.79 Å². The second-order valence-corrected chi connectivity index (χ2v) is 3.68. The van der Waals surface area contributed by atoms with Gasteiger partial charge in [0.25, 0.3) is 5.91 Å². The number of ether oxygens (including phenoxy) is 1. The standard InChI is InChI=1S/C11H13FN2O2/c1-3-14-9-5-8(13)7(12)4-10(9)16-6(2)11(14)15/h4-6H,3,13H2,1-2H3. The molecule has 2 N–H and O–H groups in total. The zero-order chi connectivity index (χ0) is 11.9. The highest BCUT2D eigenvalue weighted by Gasteiger charge is 2.31. The SMILES string of the molecule is CCN1C(=O)C(C)Oc2cc(F)c(N)cc21. The molecule has 1 unspecified atom stereocenters. The number of anilines is 2. The first kappa shape index (κ1) is 10.7. The molecule has 0 fully saturated rings. The largest absolute Gasteiger partial charge is 0.479 e. The average Bonchev–Trinajstić information content (AvgIpc) is 2.24. The summed E-state index contributed by atoms with van der Waals surface area (Å²) in [7, 11) is 0. The van der Waals surface area contributed by atoms with Crippen molar-refractivity contribution in [3.8, 4) is 5.75 Å². The fourth-order valence-electron chi connectivity index (χ4n) is 1.77. The van der Waals surface area contributed by atoms with Crippen LogP contribution in [0, 0.1) is 5.82 Å². The molecule has 1 aliphatic heterocycles. The second kappa shape index (κ2) is 3.66. The lowest BCUT2D eigenvalue weighted by Gasteiger charge is -2.32. The summed E-state index contributed by atoms with van der Waals surface area (Å²) in [5.41, 5.74) is 6.02. The van der Waals surface area contributed by atoms with Crippen LogP contribution in [0.4, 0.5) is 15.8 Å². The molecule has 1 aromatic rings. The van der Waals surface area contributed by atoms with E-state index >= 15 is 0 Å². The van der Waals surface area contributed by atoms with E-state index in [9.17, 15) is 9.18 Å². The Kier molecular flexibility index (Phi) is 2.46. The number of nitrogens with zero attached hydrogens (tertiary/aromatic N) is 1. The summed E-state index contributed by atoms with van der Waals surface area (Å²) in [6.07, 6.45) is -0.588. The summed E-state index contributed by atoms with van der Waals surface area (Å²) in [5.74, 6) is -0.307. The summed E-state index contributed by atoms with van der Waals surface area (Å²) in [5, 5.41) is 0. The predicted octanol–water partition coefficient (Wildman–Crippen LogP) is 1.54. The van der Waals surface area contributed by atoms with Gasteiger partial charge < -0.3 is 15.4 Å². The van der Waals surface area contributed by atoms with Gasteiger partial charge in [-0.25, -0.2) is 4.39 Å². The van der Waals surface area contributed by atoms with Crippen molar-refractivity contribution in [1.82, 2.24) is 0 Å². The fraction of sp³-hybridized carbons (Fsp3) is 0.364. The number of hydrogen-bond donors (Lipinski definition) is 1. The number of carbonyl (C=O) groups is 1. The number of benzene rings is 1. The highest BCUT2D eigenvalue weighted by Crippen LogP contribution is 2.36. The molecule has 1 heterocycles. The third-order valence-electron chi connectivity index (χ3n) is 2.60. The van der Waals surface area contributed by atoms with Crippen molar-refractivity contribution in [3.05, 3.63) is 17.9 Å². The molecule has 4 nitrogen and oxygen atoms in total. The topological polar surface area (TPSA) is 55.6 Å². The third-order valence-corrected chi connectivity index (χ3v) is 2.60. The summed E-state index contributed by atoms with van der Waals surface area (Å²) in [6.45, 7) is 3.99. The van der Waals surface area contributed by atoms with Crippen LogP contribution in [-0.4, -0.2) is 18.6 Å². The number of nitrogen functional groups attached to an aromatic ring is 1. The molecule has 1 amide bonds. The molecular weight excluding hydrogens is 211 g/mol. The van der Waals surface area contributed by atoms with Crippen LogP contribution in [0.15, 0.2) is 12.1 Å². The van der Waals surface area contributed by atoms with Crippen molar-refractivity contribution in [2.45, 2.75) is 20.0 Å². The fourth-order valence-corrected chi connectivity index (χ4v) is 1.77. The maximum atomic E-state index is 13.3. The number of amides is 1. The highest BCUT2D eigenvalue weighted by atomic mass is 19.1. The molecule has 2 rings (SSSR count). The Morgan fingerprint density at radius 2 is 2.25 bits per heavy atom. The molecule has 1 aliphatic rings. The van der Waals surface area contributed by atoms with E-state index in [-0.39, 0.29) is 11.6 Å². The van der Waals surface area contributed by atoms with Crippen LogP contribution in [0.3, 0.4) is 0 Å². The molecule has 0 spiro atoms. The maximum absolute atomic E-state index is 13.3. The molecule has 1 aromatic carbocycles. The third kappa shape index (κ3) is 1.48. The first-order valence-electron chi connectivity index (χ1n) is 5.11. The molecule has 16 heavy (non-hydrogen) atoms. The van der Waals surface area contributed by atoms with Gasteiger partial charge in [0, 0.05) is 12.6 Å². The Morgan fingerprint density at radius 3 is 2.88 bits per heavy atom. The van der Waals surface area contributed by atoms with Crippen LogP contribution < -0.4 is 15.4 Å². The van der Waals surface area contributed by atoms with Crippen LogP contribution in [0.25, 0.3) is 0 Å². The summed E-state index contributed by atoms with van der Waals surface area (Å²) < 4.78 is 18.6. The number of hydrogen-bond acceptors (Lipinski definition) is 3. The Bertz CT molecular complexity index is 448. The smallest absolute Gasteiger partial charge is 0.267 e. The monoisotopic (exact) mass is 224 g/mol. The zero-order valence-corrected chi connectivity index (χ0v) is 9.16. The lowest BCUT2D eigenvalue weighted by Crippen LogP contribution is -2.44. The predicted molar refractivity (Wildman–Crippen MR) is 58.9 cm³/mol. The van der Waals surface area contributed by atoms with Gasteiger partial charge in [0.1, 0.15) is 11.6 Å². The first-order valence-corrected chi connectivity index (χ1v) is 5.11. The summed E-state index contributed by atoms with van der Waals surface area (Å²) >= 11 is 0. The molecular formula is C11H13FN2O2. The van der Waals surface area contributed by atoms with E-state index in [1.807, 2.05) is 6.92 Å². The maximum Gasteiger partial charge on any atom is 0.267 e. The van der Waals surface area contributed by atoms with Crippen LogP contribution in [0.2, 0.25) is 0 Å². The normalized spacial score (nSPS) is 19.3. The number of nitrogens with two attached hydrogens (primary N) is 1. The molecule has 0 bridgehead atoms. The lowest BCUT2D eigenvalue weighted by molar-refractivity contribution is -0.125. The van der Waals surface area contributed by atoms with Gasteiger partial charge in [-0.15, -0.1) is 0 Å². The molecule has 0 aromatic heterocycles. The van der Waals surface area contributed by atoms with Gasteiger partial charge >= 0.3 is 0 Å². The molecule has 0 saturated carbocycles. The van der Waals surface area contributed by atoms with Crippen LogP contribution >= 0.6 is 0 Å². The molecule has 0 saturated heterocycles. The molecule has 0 aliphatic carbocycles. The molecule has 5 heteroatoms.